The first-order valence-electron chi connectivity index (χ1n) is 6.88. The SMILES string of the molecule is ClCC1=C(C2=CCCCCC2)CCCCC1. The normalized spacial score (nSPS) is 23.7. The summed E-state index contributed by atoms with van der Waals surface area (Å²) in [5.74, 6) is 0.757. The van der Waals surface area contributed by atoms with Crippen LogP contribution in [0.3, 0.4) is 0 Å². The molecule has 0 aliphatic heterocycles. The van der Waals surface area contributed by atoms with Crippen LogP contribution < -0.4 is 0 Å². The zero-order chi connectivity index (χ0) is 11.2. The molecule has 0 saturated heterocycles. The summed E-state index contributed by atoms with van der Waals surface area (Å²) in [5, 5.41) is 0. The van der Waals surface area contributed by atoms with Crippen LogP contribution in [0.1, 0.15) is 64.2 Å². The fourth-order valence-corrected chi connectivity index (χ4v) is 3.26. The van der Waals surface area contributed by atoms with E-state index in [1.54, 1.807) is 16.7 Å². The molecule has 0 unspecified atom stereocenters. The lowest BCUT2D eigenvalue weighted by Gasteiger charge is -2.14. The van der Waals surface area contributed by atoms with Crippen molar-refractivity contribution in [2.24, 2.45) is 0 Å². The van der Waals surface area contributed by atoms with Gasteiger partial charge in [0.25, 0.3) is 0 Å². The second-order valence-electron chi connectivity index (χ2n) is 5.11. The molecule has 1 heteroatoms. The molecule has 0 saturated carbocycles. The Morgan fingerprint density at radius 1 is 0.875 bits per heavy atom. The summed E-state index contributed by atoms with van der Waals surface area (Å²) >= 11 is 6.12. The molecule has 0 spiro atoms. The molecular weight excluding hydrogens is 216 g/mol. The molecule has 0 bridgehead atoms. The minimum absolute atomic E-state index is 0.757. The third kappa shape index (κ3) is 3.13. The Kier molecular flexibility index (Phi) is 4.96. The first-order chi connectivity index (χ1) is 7.92. The van der Waals surface area contributed by atoms with Gasteiger partial charge in [-0.15, -0.1) is 11.6 Å². The van der Waals surface area contributed by atoms with Gasteiger partial charge in [-0.25, -0.2) is 0 Å². The Balaban J connectivity index is 2.19. The molecule has 2 aliphatic carbocycles. The lowest BCUT2D eigenvalue weighted by molar-refractivity contribution is 0.698. The predicted molar refractivity (Wildman–Crippen MR) is 72.0 cm³/mol. The first-order valence-corrected chi connectivity index (χ1v) is 7.41. The lowest BCUT2D eigenvalue weighted by Crippen LogP contribution is -1.96. The van der Waals surface area contributed by atoms with Gasteiger partial charge in [0, 0.05) is 5.88 Å². The quantitative estimate of drug-likeness (QED) is 0.567. The molecule has 90 valence electrons. The van der Waals surface area contributed by atoms with E-state index in [1.165, 1.54) is 64.2 Å². The summed E-state index contributed by atoms with van der Waals surface area (Å²) in [7, 11) is 0. The molecule has 0 aromatic carbocycles. The molecule has 0 radical (unpaired) electrons. The molecule has 0 atom stereocenters. The Morgan fingerprint density at radius 2 is 1.62 bits per heavy atom. The maximum absolute atomic E-state index is 6.12. The maximum atomic E-state index is 6.12. The molecule has 0 aromatic heterocycles. The van der Waals surface area contributed by atoms with Crippen LogP contribution in [0.5, 0.6) is 0 Å². The fraction of sp³-hybridized carbons (Fsp3) is 0.733. The summed E-state index contributed by atoms with van der Waals surface area (Å²) in [4.78, 5) is 0. The highest BCUT2D eigenvalue weighted by Crippen LogP contribution is 2.33. The molecule has 2 rings (SSSR count). The molecule has 2 aliphatic rings. The summed E-state index contributed by atoms with van der Waals surface area (Å²) in [6.07, 6.45) is 15.9. The van der Waals surface area contributed by atoms with Gasteiger partial charge in [0.05, 0.1) is 0 Å². The van der Waals surface area contributed by atoms with E-state index in [0.717, 1.165) is 5.88 Å². The molecule has 16 heavy (non-hydrogen) atoms. The highest BCUT2D eigenvalue weighted by Gasteiger charge is 2.15. The zero-order valence-corrected chi connectivity index (χ0v) is 11.0. The fourth-order valence-electron chi connectivity index (χ4n) is 2.97. The number of halogens is 1. The molecular formula is C15H23Cl. The Bertz CT molecular complexity index is 286. The molecule has 0 nitrogen and oxygen atoms in total. The van der Waals surface area contributed by atoms with Crippen LogP contribution >= 0.6 is 11.6 Å². The monoisotopic (exact) mass is 238 g/mol. The van der Waals surface area contributed by atoms with Gasteiger partial charge >= 0.3 is 0 Å². The van der Waals surface area contributed by atoms with Crippen molar-refractivity contribution in [3.8, 4) is 0 Å². The minimum Gasteiger partial charge on any atom is -0.122 e. The van der Waals surface area contributed by atoms with Gasteiger partial charge in [-0.3, -0.25) is 0 Å². The predicted octanol–water partition coefficient (Wildman–Crippen LogP) is 5.38. The average molecular weight is 239 g/mol. The number of allylic oxidation sites excluding steroid dienone is 4. The molecule has 0 amide bonds. The zero-order valence-electron chi connectivity index (χ0n) is 10.2. The summed E-state index contributed by atoms with van der Waals surface area (Å²) in [6.45, 7) is 0. The van der Waals surface area contributed by atoms with E-state index in [-0.39, 0.29) is 0 Å². The summed E-state index contributed by atoms with van der Waals surface area (Å²) < 4.78 is 0. The summed E-state index contributed by atoms with van der Waals surface area (Å²) in [6, 6.07) is 0. The van der Waals surface area contributed by atoms with E-state index in [1.807, 2.05) is 0 Å². The van der Waals surface area contributed by atoms with E-state index in [4.69, 9.17) is 11.6 Å². The second-order valence-corrected chi connectivity index (χ2v) is 5.37. The Morgan fingerprint density at radius 3 is 2.50 bits per heavy atom. The van der Waals surface area contributed by atoms with E-state index < -0.39 is 0 Å². The number of hydrogen-bond acceptors (Lipinski definition) is 0. The molecule has 0 fully saturated rings. The summed E-state index contributed by atoms with van der Waals surface area (Å²) in [5.41, 5.74) is 4.84. The van der Waals surface area contributed by atoms with Crippen molar-refractivity contribution < 1.29 is 0 Å². The van der Waals surface area contributed by atoms with Crippen LogP contribution in [0.4, 0.5) is 0 Å². The Hall–Kier alpha value is -0.230. The van der Waals surface area contributed by atoms with E-state index in [0.29, 0.717) is 0 Å². The van der Waals surface area contributed by atoms with Gasteiger partial charge in [-0.05, 0) is 62.5 Å². The van der Waals surface area contributed by atoms with Gasteiger partial charge in [-0.2, -0.15) is 0 Å². The van der Waals surface area contributed by atoms with Crippen LogP contribution in [0.25, 0.3) is 0 Å². The topological polar surface area (TPSA) is 0 Å². The van der Waals surface area contributed by atoms with Crippen LogP contribution in [0, 0.1) is 0 Å². The number of alkyl halides is 1. The van der Waals surface area contributed by atoms with Gasteiger partial charge in [0.1, 0.15) is 0 Å². The molecule has 0 aromatic rings. The first kappa shape index (κ1) is 12.2. The maximum Gasteiger partial charge on any atom is 0.0439 e. The second kappa shape index (κ2) is 6.49. The largest absolute Gasteiger partial charge is 0.122 e. The molecule has 0 N–H and O–H groups in total. The number of rotatable bonds is 2. The van der Waals surface area contributed by atoms with Crippen molar-refractivity contribution in [1.82, 2.24) is 0 Å². The minimum atomic E-state index is 0.757. The smallest absolute Gasteiger partial charge is 0.0439 e. The van der Waals surface area contributed by atoms with Crippen molar-refractivity contribution in [2.45, 2.75) is 64.2 Å². The van der Waals surface area contributed by atoms with Crippen molar-refractivity contribution in [3.05, 3.63) is 22.8 Å². The highest BCUT2D eigenvalue weighted by molar-refractivity contribution is 6.19. The van der Waals surface area contributed by atoms with Crippen molar-refractivity contribution in [1.29, 1.82) is 0 Å². The van der Waals surface area contributed by atoms with E-state index >= 15 is 0 Å². The van der Waals surface area contributed by atoms with E-state index in [9.17, 15) is 0 Å². The lowest BCUT2D eigenvalue weighted by atomic mass is 9.93. The third-order valence-electron chi connectivity index (χ3n) is 3.92. The van der Waals surface area contributed by atoms with Gasteiger partial charge in [0.2, 0.25) is 0 Å². The Labute approximate surface area is 105 Å². The number of hydrogen-bond donors (Lipinski definition) is 0. The third-order valence-corrected chi connectivity index (χ3v) is 4.24. The van der Waals surface area contributed by atoms with Crippen molar-refractivity contribution in [3.63, 3.8) is 0 Å². The van der Waals surface area contributed by atoms with Crippen molar-refractivity contribution in [2.75, 3.05) is 5.88 Å². The highest BCUT2D eigenvalue weighted by atomic mass is 35.5. The molecule has 0 heterocycles. The van der Waals surface area contributed by atoms with Crippen LogP contribution in [0.2, 0.25) is 0 Å². The van der Waals surface area contributed by atoms with Crippen LogP contribution in [-0.4, -0.2) is 5.88 Å². The van der Waals surface area contributed by atoms with Crippen molar-refractivity contribution >= 4 is 11.6 Å². The van der Waals surface area contributed by atoms with Gasteiger partial charge in [-0.1, -0.05) is 24.5 Å². The van der Waals surface area contributed by atoms with Gasteiger partial charge in [0.15, 0.2) is 0 Å². The van der Waals surface area contributed by atoms with Gasteiger partial charge < -0.3 is 0 Å². The standard InChI is InChI=1S/C15H23Cl/c16-12-14-10-6-3-7-11-15(14)13-8-4-1-2-5-9-13/h8H,1-7,9-12H2. The van der Waals surface area contributed by atoms with Crippen LogP contribution in [0.15, 0.2) is 22.8 Å². The van der Waals surface area contributed by atoms with E-state index in [2.05, 4.69) is 6.08 Å². The average Bonchev–Trinajstić information content (AvgIpc) is 2.70. The van der Waals surface area contributed by atoms with Crippen LogP contribution in [-0.2, 0) is 0 Å².